The molecule has 0 saturated heterocycles. The molecule has 0 aliphatic heterocycles. The molecule has 0 aromatic heterocycles. The summed E-state index contributed by atoms with van der Waals surface area (Å²) in [4.78, 5) is 0. The summed E-state index contributed by atoms with van der Waals surface area (Å²) in [5, 5.41) is 0. The lowest BCUT2D eigenvalue weighted by Gasteiger charge is -2.14. The van der Waals surface area contributed by atoms with E-state index in [1.54, 1.807) is 14.0 Å². The van der Waals surface area contributed by atoms with E-state index in [2.05, 4.69) is 4.74 Å². The quantitative estimate of drug-likeness (QED) is 0.738. The van der Waals surface area contributed by atoms with Gasteiger partial charge in [-0.2, -0.15) is 0 Å². The molecular formula is C12H15F3O3. The Bertz CT molecular complexity index is 377. The van der Waals surface area contributed by atoms with Crippen LogP contribution in [0, 0.1) is 6.92 Å². The Morgan fingerprint density at radius 3 is 2.44 bits per heavy atom. The van der Waals surface area contributed by atoms with Crippen LogP contribution in [0.3, 0.4) is 0 Å². The lowest BCUT2D eigenvalue weighted by molar-refractivity contribution is -0.275. The molecule has 0 fully saturated rings. The fraction of sp³-hybridized carbons (Fsp3) is 0.500. The summed E-state index contributed by atoms with van der Waals surface area (Å²) in [6.45, 7) is 2.52. The van der Waals surface area contributed by atoms with Crippen LogP contribution in [0.4, 0.5) is 13.2 Å². The molecule has 0 aliphatic carbocycles. The number of hydrogen-bond acceptors (Lipinski definition) is 3. The maximum atomic E-state index is 12.2. The number of ether oxygens (including phenoxy) is 3. The molecule has 0 amide bonds. The van der Waals surface area contributed by atoms with Gasteiger partial charge >= 0.3 is 6.36 Å². The van der Waals surface area contributed by atoms with Gasteiger partial charge in [-0.3, -0.25) is 0 Å². The zero-order valence-electron chi connectivity index (χ0n) is 10.2. The Kier molecular flexibility index (Phi) is 5.27. The molecule has 0 bridgehead atoms. The molecule has 1 aromatic carbocycles. The van der Waals surface area contributed by atoms with Crippen LogP contribution in [0.2, 0.25) is 0 Å². The van der Waals surface area contributed by atoms with E-state index in [9.17, 15) is 13.2 Å². The van der Waals surface area contributed by atoms with Crippen molar-refractivity contribution < 1.29 is 27.4 Å². The Hall–Kier alpha value is -1.43. The van der Waals surface area contributed by atoms with Gasteiger partial charge in [-0.05, 0) is 24.6 Å². The van der Waals surface area contributed by atoms with Gasteiger partial charge in [-0.25, -0.2) is 0 Å². The SMILES string of the molecule is COCCCOc1cc(C)ccc1OC(F)(F)F. The zero-order chi connectivity index (χ0) is 13.6. The van der Waals surface area contributed by atoms with Crippen LogP contribution in [-0.4, -0.2) is 26.7 Å². The van der Waals surface area contributed by atoms with E-state index in [4.69, 9.17) is 9.47 Å². The molecule has 0 radical (unpaired) electrons. The minimum absolute atomic E-state index is 0.0865. The molecular weight excluding hydrogens is 249 g/mol. The topological polar surface area (TPSA) is 27.7 Å². The van der Waals surface area contributed by atoms with Gasteiger partial charge in [0.25, 0.3) is 0 Å². The fourth-order valence-corrected chi connectivity index (χ4v) is 1.32. The molecule has 0 unspecified atom stereocenters. The van der Waals surface area contributed by atoms with E-state index in [0.717, 1.165) is 5.56 Å². The average molecular weight is 264 g/mol. The molecule has 3 nitrogen and oxygen atoms in total. The summed E-state index contributed by atoms with van der Waals surface area (Å²) in [5.74, 6) is -0.242. The number of benzene rings is 1. The Morgan fingerprint density at radius 2 is 1.83 bits per heavy atom. The third-order valence-electron chi connectivity index (χ3n) is 2.08. The zero-order valence-corrected chi connectivity index (χ0v) is 10.2. The Morgan fingerprint density at radius 1 is 1.11 bits per heavy atom. The van der Waals surface area contributed by atoms with Crippen LogP contribution in [0.25, 0.3) is 0 Å². The van der Waals surface area contributed by atoms with Crippen LogP contribution in [0.5, 0.6) is 11.5 Å². The highest BCUT2D eigenvalue weighted by atomic mass is 19.4. The van der Waals surface area contributed by atoms with Crippen molar-refractivity contribution in [2.75, 3.05) is 20.3 Å². The van der Waals surface area contributed by atoms with Crippen molar-refractivity contribution in [1.82, 2.24) is 0 Å². The second-order valence-electron chi connectivity index (χ2n) is 3.69. The summed E-state index contributed by atoms with van der Waals surface area (Å²) in [5.41, 5.74) is 0.797. The van der Waals surface area contributed by atoms with E-state index in [0.29, 0.717) is 13.0 Å². The predicted octanol–water partition coefficient (Wildman–Crippen LogP) is 3.31. The molecule has 1 rings (SSSR count). The molecule has 0 saturated carbocycles. The predicted molar refractivity (Wildman–Crippen MR) is 59.9 cm³/mol. The normalized spacial score (nSPS) is 11.4. The van der Waals surface area contributed by atoms with Gasteiger partial charge in [0.1, 0.15) is 0 Å². The number of alkyl halides is 3. The largest absolute Gasteiger partial charge is 0.573 e. The van der Waals surface area contributed by atoms with Crippen LogP contribution in [-0.2, 0) is 4.74 Å². The van der Waals surface area contributed by atoms with E-state index < -0.39 is 6.36 Å². The van der Waals surface area contributed by atoms with Crippen LogP contribution >= 0.6 is 0 Å². The van der Waals surface area contributed by atoms with Gasteiger partial charge in [0.2, 0.25) is 0 Å². The standard InChI is InChI=1S/C12H15F3O3/c1-9-4-5-10(18-12(13,14)15)11(8-9)17-7-3-6-16-2/h4-5,8H,3,6-7H2,1-2H3. The highest BCUT2D eigenvalue weighted by Crippen LogP contribution is 2.32. The number of halogens is 3. The van der Waals surface area contributed by atoms with Crippen molar-refractivity contribution >= 4 is 0 Å². The lowest BCUT2D eigenvalue weighted by Crippen LogP contribution is -2.18. The van der Waals surface area contributed by atoms with Crippen LogP contribution in [0.15, 0.2) is 18.2 Å². The third kappa shape index (κ3) is 5.27. The van der Waals surface area contributed by atoms with Gasteiger partial charge in [0.05, 0.1) is 6.61 Å². The smallest absolute Gasteiger partial charge is 0.490 e. The molecule has 18 heavy (non-hydrogen) atoms. The van der Waals surface area contributed by atoms with Crippen LogP contribution in [0.1, 0.15) is 12.0 Å². The minimum atomic E-state index is -4.72. The average Bonchev–Trinajstić information content (AvgIpc) is 2.26. The number of methoxy groups -OCH3 is 1. The summed E-state index contributed by atoms with van der Waals surface area (Å²) >= 11 is 0. The van der Waals surface area contributed by atoms with E-state index in [1.807, 2.05) is 0 Å². The number of hydrogen-bond donors (Lipinski definition) is 0. The Labute approximate surface area is 103 Å². The first-order valence-corrected chi connectivity index (χ1v) is 5.40. The van der Waals surface area contributed by atoms with Gasteiger partial charge in [-0.1, -0.05) is 6.07 Å². The van der Waals surface area contributed by atoms with Gasteiger partial charge in [0, 0.05) is 20.1 Å². The van der Waals surface area contributed by atoms with E-state index >= 15 is 0 Å². The first-order chi connectivity index (χ1) is 8.42. The second-order valence-corrected chi connectivity index (χ2v) is 3.69. The van der Waals surface area contributed by atoms with Crippen molar-refractivity contribution in [2.45, 2.75) is 19.7 Å². The van der Waals surface area contributed by atoms with Crippen LogP contribution < -0.4 is 9.47 Å². The fourth-order valence-electron chi connectivity index (χ4n) is 1.32. The van der Waals surface area contributed by atoms with Gasteiger partial charge < -0.3 is 14.2 Å². The van der Waals surface area contributed by atoms with Crippen molar-refractivity contribution in [1.29, 1.82) is 0 Å². The van der Waals surface area contributed by atoms with E-state index in [1.165, 1.54) is 18.2 Å². The first-order valence-electron chi connectivity index (χ1n) is 5.40. The van der Waals surface area contributed by atoms with Crippen molar-refractivity contribution in [2.24, 2.45) is 0 Å². The molecule has 102 valence electrons. The maximum Gasteiger partial charge on any atom is 0.573 e. The van der Waals surface area contributed by atoms with Gasteiger partial charge in [0.15, 0.2) is 11.5 Å². The van der Waals surface area contributed by atoms with E-state index in [-0.39, 0.29) is 18.1 Å². The molecule has 0 heterocycles. The summed E-state index contributed by atoms with van der Waals surface area (Å²) in [6, 6.07) is 4.28. The molecule has 0 atom stereocenters. The van der Waals surface area contributed by atoms with Crippen molar-refractivity contribution in [3.63, 3.8) is 0 Å². The third-order valence-corrected chi connectivity index (χ3v) is 2.08. The number of aryl methyl sites for hydroxylation is 1. The number of rotatable bonds is 6. The summed E-state index contributed by atoms with van der Waals surface area (Å²) in [6.07, 6.45) is -4.13. The summed E-state index contributed by atoms with van der Waals surface area (Å²) < 4.78 is 50.5. The summed E-state index contributed by atoms with van der Waals surface area (Å²) in [7, 11) is 1.55. The molecule has 0 N–H and O–H groups in total. The minimum Gasteiger partial charge on any atom is -0.490 e. The molecule has 0 aliphatic rings. The molecule has 6 heteroatoms. The monoisotopic (exact) mass is 264 g/mol. The highest BCUT2D eigenvalue weighted by molar-refractivity contribution is 5.42. The Balaban J connectivity index is 2.71. The molecule has 0 spiro atoms. The highest BCUT2D eigenvalue weighted by Gasteiger charge is 2.32. The van der Waals surface area contributed by atoms with Crippen molar-refractivity contribution in [3.8, 4) is 11.5 Å². The first kappa shape index (κ1) is 14.6. The van der Waals surface area contributed by atoms with Gasteiger partial charge in [-0.15, -0.1) is 13.2 Å². The lowest BCUT2D eigenvalue weighted by atomic mass is 10.2. The molecule has 1 aromatic rings. The second kappa shape index (κ2) is 6.49. The van der Waals surface area contributed by atoms with Crippen molar-refractivity contribution in [3.05, 3.63) is 23.8 Å². The maximum absolute atomic E-state index is 12.2.